The Morgan fingerprint density at radius 1 is 1.25 bits per heavy atom. The number of unbranched alkanes of at least 4 members (excludes halogenated alkanes) is 3. The van der Waals surface area contributed by atoms with Gasteiger partial charge in [-0.05, 0) is 18.6 Å². The molecule has 0 aliphatic heterocycles. The maximum absolute atomic E-state index is 5.51. The molecule has 0 unspecified atom stereocenters. The summed E-state index contributed by atoms with van der Waals surface area (Å²) in [6.45, 7) is 5.56. The normalized spacial score (nSPS) is 10.8. The third-order valence-electron chi connectivity index (χ3n) is 2.44. The summed E-state index contributed by atoms with van der Waals surface area (Å²) in [5.74, 6) is 0.975. The minimum Gasteiger partial charge on any atom is -0.468 e. The molecule has 1 N–H and O–H groups in total. The van der Waals surface area contributed by atoms with Crippen molar-refractivity contribution in [2.24, 2.45) is 0 Å². The average molecular weight is 225 g/mol. The van der Waals surface area contributed by atoms with E-state index in [1.54, 1.807) is 6.26 Å². The van der Waals surface area contributed by atoms with Crippen LogP contribution >= 0.6 is 0 Å². The lowest BCUT2D eigenvalue weighted by Crippen LogP contribution is -2.19. The third kappa shape index (κ3) is 6.64. The van der Waals surface area contributed by atoms with Crippen molar-refractivity contribution in [3.05, 3.63) is 24.2 Å². The molecule has 0 aromatic carbocycles. The molecule has 0 saturated carbocycles. The summed E-state index contributed by atoms with van der Waals surface area (Å²) in [5, 5.41) is 3.27. The van der Waals surface area contributed by atoms with Crippen LogP contribution in [0.5, 0.6) is 0 Å². The highest BCUT2D eigenvalue weighted by Gasteiger charge is 1.94. The van der Waals surface area contributed by atoms with Crippen molar-refractivity contribution in [3.63, 3.8) is 0 Å². The molecule has 1 aromatic rings. The Bertz CT molecular complexity index is 234. The second-order valence-electron chi connectivity index (χ2n) is 3.93. The second kappa shape index (κ2) is 9.43. The highest BCUT2D eigenvalue weighted by molar-refractivity contribution is 4.97. The number of hydrogen-bond acceptors (Lipinski definition) is 3. The van der Waals surface area contributed by atoms with Crippen molar-refractivity contribution >= 4 is 0 Å². The van der Waals surface area contributed by atoms with Crippen molar-refractivity contribution < 1.29 is 9.15 Å². The SMILES string of the molecule is CCCCCCOCCNCc1ccco1. The standard InChI is InChI=1S/C13H23NO2/c1-2-3-4-5-9-15-11-8-14-12-13-7-6-10-16-13/h6-7,10,14H,2-5,8-9,11-12H2,1H3. The minimum absolute atomic E-state index is 0.784. The predicted molar refractivity (Wildman–Crippen MR) is 65.4 cm³/mol. The van der Waals surface area contributed by atoms with Gasteiger partial charge in [0.05, 0.1) is 19.4 Å². The summed E-state index contributed by atoms with van der Waals surface area (Å²) in [5.41, 5.74) is 0. The fourth-order valence-electron chi connectivity index (χ4n) is 1.50. The number of furan rings is 1. The van der Waals surface area contributed by atoms with E-state index in [0.717, 1.165) is 32.1 Å². The topological polar surface area (TPSA) is 34.4 Å². The first-order valence-electron chi connectivity index (χ1n) is 6.24. The maximum Gasteiger partial charge on any atom is 0.117 e. The average Bonchev–Trinajstić information content (AvgIpc) is 2.80. The van der Waals surface area contributed by atoms with Crippen LogP contribution in [-0.2, 0) is 11.3 Å². The molecule has 16 heavy (non-hydrogen) atoms. The molecule has 0 fully saturated rings. The third-order valence-corrected chi connectivity index (χ3v) is 2.44. The van der Waals surface area contributed by atoms with Gasteiger partial charge in [-0.2, -0.15) is 0 Å². The molecule has 1 rings (SSSR count). The first kappa shape index (κ1) is 13.3. The summed E-state index contributed by atoms with van der Waals surface area (Å²) in [4.78, 5) is 0. The molecule has 0 radical (unpaired) electrons. The zero-order valence-electron chi connectivity index (χ0n) is 10.2. The Labute approximate surface area is 98.2 Å². The Balaban J connectivity index is 1.78. The lowest BCUT2D eigenvalue weighted by molar-refractivity contribution is 0.131. The molecule has 0 bridgehead atoms. The van der Waals surface area contributed by atoms with Gasteiger partial charge in [-0.1, -0.05) is 26.2 Å². The van der Waals surface area contributed by atoms with Gasteiger partial charge in [-0.3, -0.25) is 0 Å². The van der Waals surface area contributed by atoms with E-state index in [0.29, 0.717) is 0 Å². The smallest absolute Gasteiger partial charge is 0.117 e. The van der Waals surface area contributed by atoms with Gasteiger partial charge in [-0.15, -0.1) is 0 Å². The predicted octanol–water partition coefficient (Wildman–Crippen LogP) is 2.97. The van der Waals surface area contributed by atoms with Crippen LogP contribution in [0.4, 0.5) is 0 Å². The molecule has 0 spiro atoms. The molecule has 0 amide bonds. The molecule has 0 aliphatic rings. The lowest BCUT2D eigenvalue weighted by atomic mass is 10.2. The summed E-state index contributed by atoms with van der Waals surface area (Å²) in [6, 6.07) is 3.87. The Kier molecular flexibility index (Phi) is 7.82. The van der Waals surface area contributed by atoms with Gasteiger partial charge < -0.3 is 14.5 Å². The second-order valence-corrected chi connectivity index (χ2v) is 3.93. The van der Waals surface area contributed by atoms with Crippen LogP contribution < -0.4 is 5.32 Å². The summed E-state index contributed by atoms with van der Waals surface area (Å²) >= 11 is 0. The quantitative estimate of drug-likeness (QED) is 0.622. The summed E-state index contributed by atoms with van der Waals surface area (Å²) in [6.07, 6.45) is 6.77. The first-order chi connectivity index (χ1) is 7.93. The van der Waals surface area contributed by atoms with Gasteiger partial charge in [0.15, 0.2) is 0 Å². The van der Waals surface area contributed by atoms with E-state index >= 15 is 0 Å². The largest absolute Gasteiger partial charge is 0.468 e. The van der Waals surface area contributed by atoms with Crippen molar-refractivity contribution in [2.75, 3.05) is 19.8 Å². The molecule has 3 nitrogen and oxygen atoms in total. The fraction of sp³-hybridized carbons (Fsp3) is 0.692. The zero-order valence-corrected chi connectivity index (χ0v) is 10.2. The van der Waals surface area contributed by atoms with E-state index in [2.05, 4.69) is 12.2 Å². The van der Waals surface area contributed by atoms with Gasteiger partial charge in [0, 0.05) is 13.2 Å². The zero-order chi connectivity index (χ0) is 11.5. The fourth-order valence-corrected chi connectivity index (χ4v) is 1.50. The molecular weight excluding hydrogens is 202 g/mol. The van der Waals surface area contributed by atoms with Gasteiger partial charge in [0.25, 0.3) is 0 Å². The Morgan fingerprint density at radius 2 is 2.19 bits per heavy atom. The van der Waals surface area contributed by atoms with Crippen molar-refractivity contribution in [1.82, 2.24) is 5.32 Å². The summed E-state index contributed by atoms with van der Waals surface area (Å²) in [7, 11) is 0. The van der Waals surface area contributed by atoms with Crippen LogP contribution in [0.25, 0.3) is 0 Å². The highest BCUT2D eigenvalue weighted by atomic mass is 16.5. The lowest BCUT2D eigenvalue weighted by Gasteiger charge is -2.04. The number of hydrogen-bond donors (Lipinski definition) is 1. The van der Waals surface area contributed by atoms with Crippen LogP contribution in [0.2, 0.25) is 0 Å². The molecule has 0 atom stereocenters. The molecule has 92 valence electrons. The van der Waals surface area contributed by atoms with Gasteiger partial charge in [-0.25, -0.2) is 0 Å². The van der Waals surface area contributed by atoms with Gasteiger partial charge >= 0.3 is 0 Å². The van der Waals surface area contributed by atoms with E-state index in [-0.39, 0.29) is 0 Å². The number of ether oxygens (including phenoxy) is 1. The van der Waals surface area contributed by atoms with Crippen molar-refractivity contribution in [1.29, 1.82) is 0 Å². The number of rotatable bonds is 10. The van der Waals surface area contributed by atoms with E-state index < -0.39 is 0 Å². The Hall–Kier alpha value is -0.800. The van der Waals surface area contributed by atoms with Gasteiger partial charge in [0.2, 0.25) is 0 Å². The van der Waals surface area contributed by atoms with E-state index in [9.17, 15) is 0 Å². The highest BCUT2D eigenvalue weighted by Crippen LogP contribution is 1.99. The first-order valence-corrected chi connectivity index (χ1v) is 6.24. The molecule has 0 saturated heterocycles. The molecule has 1 aromatic heterocycles. The van der Waals surface area contributed by atoms with Crippen LogP contribution in [-0.4, -0.2) is 19.8 Å². The monoisotopic (exact) mass is 225 g/mol. The molecule has 1 heterocycles. The van der Waals surface area contributed by atoms with E-state index in [1.165, 1.54) is 25.7 Å². The van der Waals surface area contributed by atoms with E-state index in [4.69, 9.17) is 9.15 Å². The minimum atomic E-state index is 0.784. The van der Waals surface area contributed by atoms with Crippen molar-refractivity contribution in [3.8, 4) is 0 Å². The maximum atomic E-state index is 5.51. The van der Waals surface area contributed by atoms with Crippen LogP contribution in [0.15, 0.2) is 22.8 Å². The van der Waals surface area contributed by atoms with Crippen LogP contribution in [0, 0.1) is 0 Å². The van der Waals surface area contributed by atoms with Gasteiger partial charge in [0.1, 0.15) is 5.76 Å². The Morgan fingerprint density at radius 3 is 2.94 bits per heavy atom. The van der Waals surface area contributed by atoms with E-state index in [1.807, 2.05) is 12.1 Å². The summed E-state index contributed by atoms with van der Waals surface area (Å²) < 4.78 is 10.7. The molecule has 0 aliphatic carbocycles. The number of nitrogens with one attached hydrogen (secondary N) is 1. The molecule has 3 heteroatoms. The van der Waals surface area contributed by atoms with Crippen LogP contribution in [0.3, 0.4) is 0 Å². The van der Waals surface area contributed by atoms with Crippen molar-refractivity contribution in [2.45, 2.75) is 39.2 Å². The van der Waals surface area contributed by atoms with Crippen LogP contribution in [0.1, 0.15) is 38.4 Å². The molecular formula is C13H23NO2.